The Morgan fingerprint density at radius 3 is 2.74 bits per heavy atom. The highest BCUT2D eigenvalue weighted by molar-refractivity contribution is 5.99. The Kier molecular flexibility index (Phi) is 6.38. The highest BCUT2D eigenvalue weighted by Gasteiger charge is 2.22. The molecule has 0 radical (unpaired) electrons. The number of fused-ring (bicyclic) bond motifs is 2. The highest BCUT2D eigenvalue weighted by atomic mass is 16.6. The van der Waals surface area contributed by atoms with Crippen molar-refractivity contribution >= 4 is 39.9 Å². The van der Waals surface area contributed by atoms with Crippen molar-refractivity contribution in [2.45, 2.75) is 52.2 Å². The molecule has 0 saturated carbocycles. The number of esters is 1. The van der Waals surface area contributed by atoms with Gasteiger partial charge in [-0.1, -0.05) is 0 Å². The Hall–Kier alpha value is -3.73. The number of benzene rings is 1. The topological polar surface area (TPSA) is 174 Å². The molecule has 3 aromatic heterocycles. The van der Waals surface area contributed by atoms with Crippen LogP contribution in [0.15, 0.2) is 28.9 Å². The molecule has 1 aromatic carbocycles. The van der Waals surface area contributed by atoms with Crippen molar-refractivity contribution in [2.75, 3.05) is 18.0 Å². The lowest BCUT2D eigenvalue weighted by Gasteiger charge is -2.21. The maximum Gasteiger partial charge on any atom is 0.306 e. The van der Waals surface area contributed by atoms with Crippen molar-refractivity contribution in [3.05, 3.63) is 24.5 Å². The Bertz CT molecular complexity index is 1320. The molecule has 0 aliphatic carbocycles. The Morgan fingerprint density at radius 2 is 2.00 bits per heavy atom. The average Bonchev–Trinajstić information content (AvgIpc) is 3.31. The van der Waals surface area contributed by atoms with Crippen LogP contribution >= 0.6 is 0 Å². The molecule has 1 unspecified atom stereocenters. The minimum atomic E-state index is -0.516. The standard InChI is InChI=1S/C23H30N8O3/c1-23(2,3)34-17(32)7-4-13(8-9-24)11-31-21-18(20(25)27-12-28-21)19(30-31)14-5-6-16-15(10-14)29-22(26)33-16/h5-6,10,12-13H,4,7-9,11,24H2,1-3H3,(H2,26,29)(H2,25,27,28). The third-order valence-electron chi connectivity index (χ3n) is 5.42. The fourth-order valence-electron chi connectivity index (χ4n) is 3.97. The number of carbonyl (C=O) groups excluding carboxylic acids is 1. The molecule has 34 heavy (non-hydrogen) atoms. The molecule has 6 N–H and O–H groups in total. The summed E-state index contributed by atoms with van der Waals surface area (Å²) in [5.41, 5.74) is 20.5. The SMILES string of the molecule is CC(C)(C)OC(=O)CCC(CCN)Cn1nc(-c2ccc3oc(N)nc3c2)c2c(N)ncnc21. The first kappa shape index (κ1) is 23.4. The molecular formula is C23H30N8O3. The van der Waals surface area contributed by atoms with Crippen LogP contribution in [0.3, 0.4) is 0 Å². The summed E-state index contributed by atoms with van der Waals surface area (Å²) >= 11 is 0. The number of hydrogen-bond donors (Lipinski definition) is 3. The fourth-order valence-corrected chi connectivity index (χ4v) is 3.97. The first-order valence-electron chi connectivity index (χ1n) is 11.2. The van der Waals surface area contributed by atoms with Gasteiger partial charge in [-0.25, -0.2) is 14.6 Å². The van der Waals surface area contributed by atoms with Gasteiger partial charge in [0.1, 0.15) is 29.0 Å². The quantitative estimate of drug-likeness (QED) is 0.327. The molecular weight excluding hydrogens is 436 g/mol. The van der Waals surface area contributed by atoms with Crippen molar-refractivity contribution in [1.82, 2.24) is 24.7 Å². The Morgan fingerprint density at radius 1 is 1.21 bits per heavy atom. The van der Waals surface area contributed by atoms with Gasteiger partial charge in [-0.15, -0.1) is 0 Å². The number of nitrogens with zero attached hydrogens (tertiary/aromatic N) is 5. The van der Waals surface area contributed by atoms with Gasteiger partial charge in [-0.3, -0.25) is 4.79 Å². The second-order valence-electron chi connectivity index (χ2n) is 9.29. The van der Waals surface area contributed by atoms with Crippen molar-refractivity contribution in [1.29, 1.82) is 0 Å². The maximum atomic E-state index is 12.2. The normalized spacial score (nSPS) is 12.9. The molecule has 4 rings (SSSR count). The molecule has 180 valence electrons. The zero-order valence-corrected chi connectivity index (χ0v) is 19.6. The van der Waals surface area contributed by atoms with E-state index in [0.29, 0.717) is 59.6 Å². The monoisotopic (exact) mass is 466 g/mol. The summed E-state index contributed by atoms with van der Waals surface area (Å²) in [7, 11) is 0. The van der Waals surface area contributed by atoms with Crippen LogP contribution in [0.25, 0.3) is 33.4 Å². The molecule has 3 heterocycles. The predicted octanol–water partition coefficient (Wildman–Crippen LogP) is 2.89. The summed E-state index contributed by atoms with van der Waals surface area (Å²) < 4.78 is 12.6. The second-order valence-corrected chi connectivity index (χ2v) is 9.29. The van der Waals surface area contributed by atoms with Gasteiger partial charge >= 0.3 is 5.97 Å². The highest BCUT2D eigenvalue weighted by Crippen LogP contribution is 2.33. The first-order valence-corrected chi connectivity index (χ1v) is 11.2. The number of nitrogens with two attached hydrogens (primary N) is 3. The summed E-state index contributed by atoms with van der Waals surface area (Å²) in [5, 5.41) is 5.48. The van der Waals surface area contributed by atoms with Crippen LogP contribution in [0.2, 0.25) is 0 Å². The van der Waals surface area contributed by atoms with E-state index in [-0.39, 0.29) is 17.9 Å². The van der Waals surface area contributed by atoms with Gasteiger partial charge in [0, 0.05) is 18.5 Å². The number of ether oxygens (including phenoxy) is 1. The molecule has 1 atom stereocenters. The predicted molar refractivity (Wildman–Crippen MR) is 129 cm³/mol. The molecule has 0 spiro atoms. The van der Waals surface area contributed by atoms with E-state index in [4.69, 9.17) is 31.5 Å². The minimum Gasteiger partial charge on any atom is -0.460 e. The maximum absolute atomic E-state index is 12.2. The third kappa shape index (κ3) is 5.09. The summed E-state index contributed by atoms with van der Waals surface area (Å²) in [5.74, 6) is 0.199. The van der Waals surface area contributed by atoms with Crippen molar-refractivity contribution < 1.29 is 13.9 Å². The fraction of sp³-hybridized carbons (Fsp3) is 0.435. The van der Waals surface area contributed by atoms with Crippen LogP contribution in [0.4, 0.5) is 11.8 Å². The van der Waals surface area contributed by atoms with Gasteiger partial charge < -0.3 is 26.4 Å². The van der Waals surface area contributed by atoms with Gasteiger partial charge in [-0.2, -0.15) is 10.1 Å². The van der Waals surface area contributed by atoms with Crippen LogP contribution < -0.4 is 17.2 Å². The van der Waals surface area contributed by atoms with Gasteiger partial charge in [0.05, 0.1) is 5.39 Å². The molecule has 4 aromatic rings. The molecule has 0 aliphatic rings. The molecule has 0 fully saturated rings. The molecule has 0 aliphatic heterocycles. The van der Waals surface area contributed by atoms with Crippen LogP contribution in [-0.4, -0.2) is 42.8 Å². The number of carbonyl (C=O) groups is 1. The largest absolute Gasteiger partial charge is 0.460 e. The van der Waals surface area contributed by atoms with E-state index in [1.54, 1.807) is 10.7 Å². The van der Waals surface area contributed by atoms with E-state index in [2.05, 4.69) is 15.0 Å². The number of nitrogen functional groups attached to an aromatic ring is 2. The van der Waals surface area contributed by atoms with E-state index < -0.39 is 5.60 Å². The van der Waals surface area contributed by atoms with Crippen molar-refractivity contribution in [3.8, 4) is 11.3 Å². The number of rotatable bonds is 8. The second kappa shape index (κ2) is 9.26. The van der Waals surface area contributed by atoms with Crippen LogP contribution in [0, 0.1) is 5.92 Å². The molecule has 11 nitrogen and oxygen atoms in total. The number of anilines is 2. The number of oxazole rings is 1. The van der Waals surface area contributed by atoms with Crippen LogP contribution in [0.5, 0.6) is 0 Å². The summed E-state index contributed by atoms with van der Waals surface area (Å²) in [4.78, 5) is 25.0. The zero-order chi connectivity index (χ0) is 24.5. The lowest BCUT2D eigenvalue weighted by molar-refractivity contribution is -0.155. The van der Waals surface area contributed by atoms with Gasteiger partial charge in [-0.05, 0) is 64.3 Å². The first-order chi connectivity index (χ1) is 16.1. The Labute approximate surface area is 196 Å². The lowest BCUT2D eigenvalue weighted by Crippen LogP contribution is -2.25. The summed E-state index contributed by atoms with van der Waals surface area (Å²) in [6.07, 6.45) is 3.06. The van der Waals surface area contributed by atoms with Crippen molar-refractivity contribution in [2.24, 2.45) is 11.7 Å². The molecule has 0 saturated heterocycles. The van der Waals surface area contributed by atoms with E-state index in [1.165, 1.54) is 6.33 Å². The molecule has 11 heteroatoms. The van der Waals surface area contributed by atoms with Crippen molar-refractivity contribution in [3.63, 3.8) is 0 Å². The minimum absolute atomic E-state index is 0.0972. The van der Waals surface area contributed by atoms with Gasteiger partial charge in [0.25, 0.3) is 6.01 Å². The van der Waals surface area contributed by atoms with E-state index in [9.17, 15) is 4.79 Å². The lowest BCUT2D eigenvalue weighted by atomic mass is 9.99. The van der Waals surface area contributed by atoms with E-state index in [1.807, 2.05) is 32.9 Å². The van der Waals surface area contributed by atoms with Crippen LogP contribution in [0.1, 0.15) is 40.0 Å². The van der Waals surface area contributed by atoms with Gasteiger partial charge in [0.2, 0.25) is 0 Å². The average molecular weight is 467 g/mol. The molecule has 0 amide bonds. The summed E-state index contributed by atoms with van der Waals surface area (Å²) in [6.45, 7) is 6.58. The smallest absolute Gasteiger partial charge is 0.306 e. The van der Waals surface area contributed by atoms with Gasteiger partial charge in [0.15, 0.2) is 11.2 Å². The number of aromatic nitrogens is 5. The van der Waals surface area contributed by atoms with Crippen LogP contribution in [-0.2, 0) is 16.1 Å². The zero-order valence-electron chi connectivity index (χ0n) is 19.6. The summed E-state index contributed by atoms with van der Waals surface area (Å²) in [6, 6.07) is 5.59. The Balaban J connectivity index is 1.65. The molecule has 0 bridgehead atoms. The van der Waals surface area contributed by atoms with E-state index in [0.717, 1.165) is 12.0 Å². The third-order valence-corrected chi connectivity index (χ3v) is 5.42. The van der Waals surface area contributed by atoms with E-state index >= 15 is 0 Å². The number of hydrogen-bond acceptors (Lipinski definition) is 10.